The first-order valence-electron chi connectivity index (χ1n) is 6.35. The number of nitrogens with one attached hydrogen (secondary N) is 1. The summed E-state index contributed by atoms with van der Waals surface area (Å²) in [7, 11) is 3.09. The van der Waals surface area contributed by atoms with Crippen LogP contribution in [-0.2, 0) is 6.42 Å². The molecule has 0 aliphatic carbocycles. The van der Waals surface area contributed by atoms with Crippen molar-refractivity contribution in [2.75, 3.05) is 27.3 Å². The molecular weight excluding hydrogens is 233 g/mol. The highest BCUT2D eigenvalue weighted by atomic mass is 19.1. The van der Waals surface area contributed by atoms with Gasteiger partial charge in [0, 0.05) is 17.7 Å². The van der Waals surface area contributed by atoms with Gasteiger partial charge in [-0.15, -0.1) is 0 Å². The summed E-state index contributed by atoms with van der Waals surface area (Å²) in [6, 6.07) is 3.17. The summed E-state index contributed by atoms with van der Waals surface area (Å²) in [5, 5.41) is 3.35. The second-order valence-corrected chi connectivity index (χ2v) is 4.71. The SMILES string of the molecule is COc1cc(F)c(CC2CCCNC2)c(OC)c1. The third kappa shape index (κ3) is 2.93. The lowest BCUT2D eigenvalue weighted by Gasteiger charge is -2.23. The Morgan fingerprint density at radius 2 is 2.17 bits per heavy atom. The Morgan fingerprint density at radius 3 is 2.78 bits per heavy atom. The predicted molar refractivity (Wildman–Crippen MR) is 68.8 cm³/mol. The van der Waals surface area contributed by atoms with Crippen molar-refractivity contribution in [1.82, 2.24) is 5.32 Å². The van der Waals surface area contributed by atoms with Crippen molar-refractivity contribution >= 4 is 0 Å². The molecule has 3 nitrogen and oxygen atoms in total. The van der Waals surface area contributed by atoms with Gasteiger partial charge < -0.3 is 14.8 Å². The molecule has 1 aromatic carbocycles. The van der Waals surface area contributed by atoms with Crippen LogP contribution in [0.25, 0.3) is 0 Å². The first-order valence-corrected chi connectivity index (χ1v) is 6.35. The third-order valence-electron chi connectivity index (χ3n) is 3.48. The number of benzene rings is 1. The summed E-state index contributed by atoms with van der Waals surface area (Å²) < 4.78 is 24.4. The molecule has 18 heavy (non-hydrogen) atoms. The van der Waals surface area contributed by atoms with E-state index in [1.165, 1.54) is 13.2 Å². The van der Waals surface area contributed by atoms with E-state index in [0.717, 1.165) is 25.9 Å². The molecule has 0 spiro atoms. The lowest BCUT2D eigenvalue weighted by atomic mass is 9.91. The molecule has 1 N–H and O–H groups in total. The Morgan fingerprint density at radius 1 is 1.33 bits per heavy atom. The number of methoxy groups -OCH3 is 2. The molecule has 0 amide bonds. The van der Waals surface area contributed by atoms with E-state index in [2.05, 4.69) is 5.32 Å². The van der Waals surface area contributed by atoms with Crippen molar-refractivity contribution in [2.45, 2.75) is 19.3 Å². The van der Waals surface area contributed by atoms with Crippen LogP contribution in [0, 0.1) is 11.7 Å². The Bertz CT molecular complexity index is 403. The standard InChI is InChI=1S/C14H20FNO2/c1-17-11-7-13(15)12(14(8-11)18-2)6-10-4-3-5-16-9-10/h7-8,10,16H,3-6,9H2,1-2H3. The second-order valence-electron chi connectivity index (χ2n) is 4.71. The maximum Gasteiger partial charge on any atom is 0.133 e. The number of rotatable bonds is 4. The summed E-state index contributed by atoms with van der Waals surface area (Å²) in [6.07, 6.45) is 3.01. The van der Waals surface area contributed by atoms with Gasteiger partial charge in [-0.3, -0.25) is 0 Å². The van der Waals surface area contributed by atoms with Crippen LogP contribution >= 0.6 is 0 Å². The molecule has 1 unspecified atom stereocenters. The lowest BCUT2D eigenvalue weighted by Crippen LogP contribution is -2.31. The molecule has 1 aliphatic rings. The van der Waals surface area contributed by atoms with Crippen molar-refractivity contribution in [3.63, 3.8) is 0 Å². The van der Waals surface area contributed by atoms with Crippen molar-refractivity contribution < 1.29 is 13.9 Å². The second kappa shape index (κ2) is 6.05. The highest BCUT2D eigenvalue weighted by Crippen LogP contribution is 2.30. The zero-order valence-corrected chi connectivity index (χ0v) is 11.0. The molecule has 1 atom stereocenters. The minimum absolute atomic E-state index is 0.239. The van der Waals surface area contributed by atoms with E-state index in [9.17, 15) is 4.39 Å². The molecule has 0 saturated carbocycles. The number of ether oxygens (including phenoxy) is 2. The molecule has 0 bridgehead atoms. The fourth-order valence-corrected chi connectivity index (χ4v) is 2.47. The van der Waals surface area contributed by atoms with E-state index < -0.39 is 0 Å². The van der Waals surface area contributed by atoms with Gasteiger partial charge in [-0.05, 0) is 38.3 Å². The van der Waals surface area contributed by atoms with Gasteiger partial charge in [-0.25, -0.2) is 4.39 Å². The van der Waals surface area contributed by atoms with Crippen LogP contribution in [0.2, 0.25) is 0 Å². The zero-order chi connectivity index (χ0) is 13.0. The van der Waals surface area contributed by atoms with Crippen molar-refractivity contribution in [1.29, 1.82) is 0 Å². The molecular formula is C14H20FNO2. The molecule has 0 radical (unpaired) electrons. The smallest absolute Gasteiger partial charge is 0.133 e. The predicted octanol–water partition coefficient (Wildman–Crippen LogP) is 2.39. The fourth-order valence-electron chi connectivity index (χ4n) is 2.47. The average molecular weight is 253 g/mol. The van der Waals surface area contributed by atoms with E-state index in [4.69, 9.17) is 9.47 Å². The normalized spacial score (nSPS) is 19.6. The van der Waals surface area contributed by atoms with Crippen molar-refractivity contribution in [2.24, 2.45) is 5.92 Å². The Labute approximate surface area is 107 Å². The van der Waals surface area contributed by atoms with Gasteiger partial charge in [0.1, 0.15) is 17.3 Å². The summed E-state index contributed by atoms with van der Waals surface area (Å²) in [6.45, 7) is 2.02. The van der Waals surface area contributed by atoms with Gasteiger partial charge in [0.15, 0.2) is 0 Å². The summed E-state index contributed by atoms with van der Waals surface area (Å²) >= 11 is 0. The van der Waals surface area contributed by atoms with Crippen LogP contribution in [0.4, 0.5) is 4.39 Å². The van der Waals surface area contributed by atoms with Crippen LogP contribution in [0.15, 0.2) is 12.1 Å². The quantitative estimate of drug-likeness (QED) is 0.893. The maximum absolute atomic E-state index is 14.1. The molecule has 1 heterocycles. The topological polar surface area (TPSA) is 30.5 Å². The van der Waals surface area contributed by atoms with Crippen LogP contribution in [0.3, 0.4) is 0 Å². The van der Waals surface area contributed by atoms with E-state index in [-0.39, 0.29) is 5.82 Å². The largest absolute Gasteiger partial charge is 0.497 e. The van der Waals surface area contributed by atoms with E-state index >= 15 is 0 Å². The third-order valence-corrected chi connectivity index (χ3v) is 3.48. The molecule has 100 valence electrons. The Balaban J connectivity index is 2.19. The molecule has 1 saturated heterocycles. The first-order chi connectivity index (χ1) is 8.74. The fraction of sp³-hybridized carbons (Fsp3) is 0.571. The molecule has 0 aromatic heterocycles. The number of halogens is 1. The van der Waals surface area contributed by atoms with Gasteiger partial charge in [0.25, 0.3) is 0 Å². The van der Waals surface area contributed by atoms with E-state index in [0.29, 0.717) is 29.4 Å². The summed E-state index contributed by atoms with van der Waals surface area (Å²) in [4.78, 5) is 0. The average Bonchev–Trinajstić information content (AvgIpc) is 2.42. The Kier molecular flexibility index (Phi) is 4.42. The van der Waals surface area contributed by atoms with E-state index in [1.54, 1.807) is 13.2 Å². The van der Waals surface area contributed by atoms with Gasteiger partial charge in [-0.1, -0.05) is 0 Å². The van der Waals surface area contributed by atoms with Gasteiger partial charge in [-0.2, -0.15) is 0 Å². The maximum atomic E-state index is 14.1. The lowest BCUT2D eigenvalue weighted by molar-refractivity contribution is 0.353. The molecule has 2 rings (SSSR count). The first kappa shape index (κ1) is 13.1. The molecule has 1 aromatic rings. The van der Waals surface area contributed by atoms with E-state index in [1.807, 2.05) is 0 Å². The highest BCUT2D eigenvalue weighted by molar-refractivity contribution is 5.42. The van der Waals surface area contributed by atoms with Crippen molar-refractivity contribution in [3.8, 4) is 11.5 Å². The van der Waals surface area contributed by atoms with Crippen LogP contribution in [0.1, 0.15) is 18.4 Å². The van der Waals surface area contributed by atoms with Crippen LogP contribution < -0.4 is 14.8 Å². The molecule has 4 heteroatoms. The van der Waals surface area contributed by atoms with Gasteiger partial charge in [0.2, 0.25) is 0 Å². The van der Waals surface area contributed by atoms with Crippen molar-refractivity contribution in [3.05, 3.63) is 23.5 Å². The number of piperidine rings is 1. The number of hydrogen-bond acceptors (Lipinski definition) is 3. The minimum Gasteiger partial charge on any atom is -0.497 e. The molecule has 1 fully saturated rings. The summed E-state index contributed by atoms with van der Waals surface area (Å²) in [5.74, 6) is 1.32. The van der Waals surface area contributed by atoms with Gasteiger partial charge in [0.05, 0.1) is 14.2 Å². The highest BCUT2D eigenvalue weighted by Gasteiger charge is 2.19. The monoisotopic (exact) mass is 253 g/mol. The molecule has 1 aliphatic heterocycles. The summed E-state index contributed by atoms with van der Waals surface area (Å²) in [5.41, 5.74) is 0.659. The minimum atomic E-state index is -0.239. The number of hydrogen-bond donors (Lipinski definition) is 1. The Hall–Kier alpha value is -1.29. The van der Waals surface area contributed by atoms with Gasteiger partial charge >= 0.3 is 0 Å². The van der Waals surface area contributed by atoms with Crippen LogP contribution in [0.5, 0.6) is 11.5 Å². The van der Waals surface area contributed by atoms with Crippen LogP contribution in [-0.4, -0.2) is 27.3 Å². The zero-order valence-electron chi connectivity index (χ0n) is 11.0.